The van der Waals surface area contributed by atoms with Gasteiger partial charge in [0, 0.05) is 19.5 Å². The van der Waals surface area contributed by atoms with E-state index >= 15 is 0 Å². The Morgan fingerprint density at radius 1 is 0.939 bits per heavy atom. The monoisotopic (exact) mass is 486 g/mol. The fourth-order valence-corrected chi connectivity index (χ4v) is 3.91. The highest BCUT2D eigenvalue weighted by molar-refractivity contribution is 6.42. The summed E-state index contributed by atoms with van der Waals surface area (Å²) in [5.74, 6) is -1.10. The van der Waals surface area contributed by atoms with Crippen LogP contribution in [0.25, 0.3) is 0 Å². The Balaban J connectivity index is 1.98. The van der Waals surface area contributed by atoms with Crippen molar-refractivity contribution in [1.29, 1.82) is 0 Å². The minimum absolute atomic E-state index is 0.124. The van der Waals surface area contributed by atoms with Crippen molar-refractivity contribution in [2.75, 3.05) is 6.54 Å². The molecule has 0 aromatic heterocycles. The first-order valence-corrected chi connectivity index (χ1v) is 11.4. The maximum atomic E-state index is 14.3. The van der Waals surface area contributed by atoms with Gasteiger partial charge in [-0.05, 0) is 41.8 Å². The second-order valence-corrected chi connectivity index (χ2v) is 8.45. The summed E-state index contributed by atoms with van der Waals surface area (Å²) in [5, 5.41) is 3.58. The first kappa shape index (κ1) is 24.7. The van der Waals surface area contributed by atoms with Crippen LogP contribution < -0.4 is 5.32 Å². The molecule has 0 saturated heterocycles. The Morgan fingerprint density at radius 2 is 1.64 bits per heavy atom. The van der Waals surface area contributed by atoms with Gasteiger partial charge in [-0.15, -0.1) is 0 Å². The van der Waals surface area contributed by atoms with Gasteiger partial charge in [0.15, 0.2) is 0 Å². The molecule has 4 nitrogen and oxygen atoms in total. The van der Waals surface area contributed by atoms with Crippen molar-refractivity contribution in [2.45, 2.75) is 32.4 Å². The number of hydrogen-bond donors (Lipinski definition) is 1. The number of nitrogens with zero attached hydrogens (tertiary/aromatic N) is 1. The van der Waals surface area contributed by atoms with Crippen LogP contribution >= 0.6 is 23.2 Å². The van der Waals surface area contributed by atoms with E-state index in [2.05, 4.69) is 5.32 Å². The van der Waals surface area contributed by atoms with Gasteiger partial charge in [-0.1, -0.05) is 77.8 Å². The summed E-state index contributed by atoms with van der Waals surface area (Å²) < 4.78 is 14.3. The average Bonchev–Trinajstić information content (AvgIpc) is 2.80. The van der Waals surface area contributed by atoms with Crippen LogP contribution in [0.1, 0.15) is 23.6 Å². The molecule has 3 rings (SSSR count). The summed E-state index contributed by atoms with van der Waals surface area (Å²) in [7, 11) is 0. The first-order valence-electron chi connectivity index (χ1n) is 10.7. The van der Waals surface area contributed by atoms with Gasteiger partial charge >= 0.3 is 0 Å². The van der Waals surface area contributed by atoms with Gasteiger partial charge in [-0.25, -0.2) is 4.39 Å². The summed E-state index contributed by atoms with van der Waals surface area (Å²) in [6.07, 6.45) is 0.149. The molecule has 0 radical (unpaired) electrons. The van der Waals surface area contributed by atoms with Crippen molar-refractivity contribution in [2.24, 2.45) is 0 Å². The maximum absolute atomic E-state index is 14.3. The van der Waals surface area contributed by atoms with Crippen LogP contribution in [0.5, 0.6) is 0 Å². The van der Waals surface area contributed by atoms with E-state index in [1.165, 1.54) is 11.0 Å². The van der Waals surface area contributed by atoms with Crippen LogP contribution in [-0.4, -0.2) is 29.3 Å². The van der Waals surface area contributed by atoms with Crippen molar-refractivity contribution in [3.05, 3.63) is 105 Å². The van der Waals surface area contributed by atoms with E-state index < -0.39 is 11.9 Å². The molecule has 7 heteroatoms. The molecule has 0 unspecified atom stereocenters. The lowest BCUT2D eigenvalue weighted by molar-refractivity contribution is -0.140. The van der Waals surface area contributed by atoms with Crippen molar-refractivity contribution in [3.63, 3.8) is 0 Å². The molecule has 33 heavy (non-hydrogen) atoms. The number of likely N-dealkylation sites (N-methyl/N-ethyl adjacent to an activating group) is 1. The molecule has 1 atom stereocenters. The molecule has 0 spiro atoms. The molecule has 0 aliphatic rings. The van der Waals surface area contributed by atoms with Crippen molar-refractivity contribution >= 4 is 35.0 Å². The third-order valence-electron chi connectivity index (χ3n) is 5.26. The number of rotatable bonds is 9. The highest BCUT2D eigenvalue weighted by Crippen LogP contribution is 2.25. The van der Waals surface area contributed by atoms with Gasteiger partial charge in [0.05, 0.1) is 16.5 Å². The molecule has 0 heterocycles. The van der Waals surface area contributed by atoms with E-state index in [0.717, 1.165) is 5.56 Å². The standard InChI is InChI=1S/C26H25Cl2FN2O2/c1-2-30-26(33)24(15-18-8-4-3-5-9-18)31(17-19-12-13-21(27)22(28)14-19)25(32)16-20-10-6-7-11-23(20)29/h3-14,24H,2,15-17H2,1H3,(H,30,33)/t24-/m1/s1. The van der Waals surface area contributed by atoms with Gasteiger partial charge in [-0.2, -0.15) is 0 Å². The fraction of sp³-hybridized carbons (Fsp3) is 0.231. The third kappa shape index (κ3) is 6.80. The van der Waals surface area contributed by atoms with Gasteiger partial charge in [0.1, 0.15) is 11.9 Å². The highest BCUT2D eigenvalue weighted by atomic mass is 35.5. The molecule has 172 valence electrons. The number of nitrogens with one attached hydrogen (secondary N) is 1. The molecule has 0 bridgehead atoms. The lowest BCUT2D eigenvalue weighted by atomic mass is 10.0. The van der Waals surface area contributed by atoms with E-state index in [1.807, 2.05) is 37.3 Å². The Kier molecular flexibility index (Phi) is 8.87. The van der Waals surface area contributed by atoms with E-state index in [4.69, 9.17) is 23.2 Å². The van der Waals surface area contributed by atoms with Crippen molar-refractivity contribution < 1.29 is 14.0 Å². The fourth-order valence-electron chi connectivity index (χ4n) is 3.59. The lowest BCUT2D eigenvalue weighted by Gasteiger charge is -2.31. The molecule has 0 saturated carbocycles. The van der Waals surface area contributed by atoms with Crippen LogP contribution in [0.4, 0.5) is 4.39 Å². The number of halogens is 3. The summed E-state index contributed by atoms with van der Waals surface area (Å²) >= 11 is 12.2. The number of carbonyl (C=O) groups is 2. The Bertz CT molecular complexity index is 1110. The van der Waals surface area contributed by atoms with Crippen LogP contribution in [0, 0.1) is 5.82 Å². The molecule has 3 aromatic rings. The summed E-state index contributed by atoms with van der Waals surface area (Å²) in [4.78, 5) is 28.1. The minimum atomic E-state index is -0.791. The zero-order chi connectivity index (χ0) is 23.8. The lowest BCUT2D eigenvalue weighted by Crippen LogP contribution is -2.51. The van der Waals surface area contributed by atoms with E-state index in [9.17, 15) is 14.0 Å². The molecule has 1 N–H and O–H groups in total. The van der Waals surface area contributed by atoms with Crippen LogP contribution in [0.2, 0.25) is 10.0 Å². The van der Waals surface area contributed by atoms with Gasteiger partial charge in [-0.3, -0.25) is 9.59 Å². The summed E-state index contributed by atoms with van der Waals surface area (Å²) in [6.45, 7) is 2.37. The largest absolute Gasteiger partial charge is 0.355 e. The molecule has 2 amide bonds. The van der Waals surface area contributed by atoms with Gasteiger partial charge in [0.2, 0.25) is 11.8 Å². The predicted molar refractivity (Wildman–Crippen MR) is 130 cm³/mol. The second kappa shape index (κ2) is 11.8. The molecular formula is C26H25Cl2FN2O2. The van der Waals surface area contributed by atoms with Crippen LogP contribution in [0.3, 0.4) is 0 Å². The Labute approximate surface area is 203 Å². The maximum Gasteiger partial charge on any atom is 0.243 e. The Morgan fingerprint density at radius 3 is 2.30 bits per heavy atom. The second-order valence-electron chi connectivity index (χ2n) is 7.64. The first-order chi connectivity index (χ1) is 15.9. The summed E-state index contributed by atoms with van der Waals surface area (Å²) in [5.41, 5.74) is 1.90. The van der Waals surface area contributed by atoms with E-state index in [0.29, 0.717) is 28.6 Å². The van der Waals surface area contributed by atoms with Crippen molar-refractivity contribution in [3.8, 4) is 0 Å². The van der Waals surface area contributed by atoms with E-state index in [-0.39, 0.29) is 30.3 Å². The van der Waals surface area contributed by atoms with Gasteiger partial charge in [0.25, 0.3) is 0 Å². The predicted octanol–water partition coefficient (Wildman–Crippen LogP) is 5.45. The number of hydrogen-bond acceptors (Lipinski definition) is 2. The normalized spacial score (nSPS) is 11.6. The number of amides is 2. The van der Waals surface area contributed by atoms with Crippen LogP contribution in [-0.2, 0) is 29.0 Å². The average molecular weight is 487 g/mol. The SMILES string of the molecule is CCNC(=O)[C@@H](Cc1ccccc1)N(Cc1ccc(Cl)c(Cl)c1)C(=O)Cc1ccccc1F. The summed E-state index contributed by atoms with van der Waals surface area (Å²) in [6, 6.07) is 19.9. The van der Waals surface area contributed by atoms with Crippen molar-refractivity contribution in [1.82, 2.24) is 10.2 Å². The zero-order valence-corrected chi connectivity index (χ0v) is 19.7. The highest BCUT2D eigenvalue weighted by Gasteiger charge is 2.30. The molecule has 3 aromatic carbocycles. The number of benzene rings is 3. The minimum Gasteiger partial charge on any atom is -0.355 e. The third-order valence-corrected chi connectivity index (χ3v) is 6.00. The number of carbonyl (C=O) groups excluding carboxylic acids is 2. The molecule has 0 fully saturated rings. The molecular weight excluding hydrogens is 462 g/mol. The van der Waals surface area contributed by atoms with E-state index in [1.54, 1.807) is 36.4 Å². The molecule has 0 aliphatic carbocycles. The quantitative estimate of drug-likeness (QED) is 0.437. The van der Waals surface area contributed by atoms with Gasteiger partial charge < -0.3 is 10.2 Å². The zero-order valence-electron chi connectivity index (χ0n) is 18.2. The van der Waals surface area contributed by atoms with Crippen LogP contribution in [0.15, 0.2) is 72.8 Å². The smallest absolute Gasteiger partial charge is 0.243 e. The molecule has 0 aliphatic heterocycles. The topological polar surface area (TPSA) is 49.4 Å². The Hall–Kier alpha value is -2.89.